The molecule has 0 aliphatic heterocycles. The van der Waals surface area contributed by atoms with Crippen LogP contribution in [0.25, 0.3) is 0 Å². The average Bonchev–Trinajstić information content (AvgIpc) is 1.97. The lowest BCUT2D eigenvalue weighted by Crippen LogP contribution is -2.35. The van der Waals surface area contributed by atoms with Gasteiger partial charge in [0.15, 0.2) is 0 Å². The quantitative estimate of drug-likeness (QED) is 0.279. The third-order valence-electron chi connectivity index (χ3n) is 1.52. The minimum Gasteiger partial charge on any atom is -0.462 e. The number of rotatable bonds is 5. The van der Waals surface area contributed by atoms with Crippen LogP contribution in [0.1, 0.15) is 13.3 Å². The van der Waals surface area contributed by atoms with Gasteiger partial charge in [0.05, 0.1) is 34.3 Å². The predicted molar refractivity (Wildman–Crippen MR) is 53.3 cm³/mol. The molecule has 0 saturated heterocycles. The Kier molecular flexibility index (Phi) is 5.39. The molecule has 0 atom stereocenters. The highest BCUT2D eigenvalue weighted by molar-refractivity contribution is 5.81. The van der Waals surface area contributed by atoms with E-state index in [9.17, 15) is 4.79 Å². The second kappa shape index (κ2) is 5.75. The van der Waals surface area contributed by atoms with Crippen molar-refractivity contribution < 1.29 is 14.0 Å². The fourth-order valence-electron chi connectivity index (χ4n) is 0.896. The first-order valence-electron chi connectivity index (χ1n) is 4.55. The fraction of sp³-hybridized carbons (Fsp3) is 0.700. The summed E-state index contributed by atoms with van der Waals surface area (Å²) in [4.78, 5) is 10.9. The SMILES string of the molecule is C/C=C\C(=O)OCCC[N+](C)(C)C. The highest BCUT2D eigenvalue weighted by atomic mass is 16.5. The van der Waals surface area contributed by atoms with Crippen LogP contribution in [0.4, 0.5) is 0 Å². The van der Waals surface area contributed by atoms with E-state index >= 15 is 0 Å². The van der Waals surface area contributed by atoms with Crippen molar-refractivity contribution in [3.05, 3.63) is 12.2 Å². The molecule has 0 aliphatic rings. The van der Waals surface area contributed by atoms with Crippen molar-refractivity contribution in [3.8, 4) is 0 Å². The van der Waals surface area contributed by atoms with Gasteiger partial charge in [0.25, 0.3) is 0 Å². The number of ether oxygens (including phenoxy) is 1. The number of allylic oxidation sites excluding steroid dienone is 1. The standard InChI is InChI=1S/C10H20NO2/c1-5-7-10(12)13-9-6-8-11(2,3)4/h5,7H,6,8-9H2,1-4H3/q+1/b7-5-. The second-order valence-electron chi connectivity index (χ2n) is 4.03. The Balaban J connectivity index is 3.41. The van der Waals surface area contributed by atoms with Gasteiger partial charge >= 0.3 is 5.97 Å². The third-order valence-corrected chi connectivity index (χ3v) is 1.52. The zero-order valence-corrected chi connectivity index (χ0v) is 9.04. The molecule has 0 N–H and O–H groups in total. The van der Waals surface area contributed by atoms with Gasteiger partial charge < -0.3 is 9.22 Å². The number of nitrogens with zero attached hydrogens (tertiary/aromatic N) is 1. The average molecular weight is 186 g/mol. The monoisotopic (exact) mass is 186 g/mol. The molecule has 0 fully saturated rings. The molecule has 76 valence electrons. The third kappa shape index (κ3) is 9.08. The summed E-state index contributed by atoms with van der Waals surface area (Å²) in [6, 6.07) is 0. The molecule has 0 aliphatic carbocycles. The Hall–Kier alpha value is -0.830. The maximum atomic E-state index is 10.9. The molecular weight excluding hydrogens is 166 g/mol. The number of quaternary nitrogens is 1. The zero-order valence-electron chi connectivity index (χ0n) is 9.04. The van der Waals surface area contributed by atoms with Crippen LogP contribution in [0.15, 0.2) is 12.2 Å². The van der Waals surface area contributed by atoms with Crippen LogP contribution in [0, 0.1) is 0 Å². The molecule has 0 radical (unpaired) electrons. The molecule has 0 heterocycles. The summed E-state index contributed by atoms with van der Waals surface area (Å²) in [5.41, 5.74) is 0. The van der Waals surface area contributed by atoms with Crippen LogP contribution >= 0.6 is 0 Å². The van der Waals surface area contributed by atoms with E-state index in [1.807, 2.05) is 0 Å². The highest BCUT2D eigenvalue weighted by Crippen LogP contribution is 1.94. The number of hydrogen-bond donors (Lipinski definition) is 0. The first-order chi connectivity index (χ1) is 5.95. The molecule has 0 amide bonds. The van der Waals surface area contributed by atoms with Crippen LogP contribution in [0.3, 0.4) is 0 Å². The van der Waals surface area contributed by atoms with Crippen LogP contribution in [0.5, 0.6) is 0 Å². The van der Waals surface area contributed by atoms with Crippen molar-refractivity contribution in [3.63, 3.8) is 0 Å². The zero-order chi connectivity index (χ0) is 10.3. The van der Waals surface area contributed by atoms with E-state index in [1.165, 1.54) is 6.08 Å². The van der Waals surface area contributed by atoms with Crippen molar-refractivity contribution >= 4 is 5.97 Å². The Labute approximate surface area is 80.6 Å². The first-order valence-corrected chi connectivity index (χ1v) is 4.55. The van der Waals surface area contributed by atoms with Crippen LogP contribution < -0.4 is 0 Å². The smallest absolute Gasteiger partial charge is 0.330 e. The molecule has 3 heteroatoms. The molecule has 0 saturated carbocycles. The predicted octanol–water partition coefficient (Wildman–Crippen LogP) is 1.20. The molecule has 0 aromatic carbocycles. The minimum atomic E-state index is -0.246. The van der Waals surface area contributed by atoms with Gasteiger partial charge in [-0.1, -0.05) is 6.08 Å². The first kappa shape index (κ1) is 12.2. The molecule has 0 unspecified atom stereocenters. The maximum Gasteiger partial charge on any atom is 0.330 e. The van der Waals surface area contributed by atoms with Crippen molar-refractivity contribution in [2.75, 3.05) is 34.3 Å². The van der Waals surface area contributed by atoms with Crippen molar-refractivity contribution in [2.45, 2.75) is 13.3 Å². The summed E-state index contributed by atoms with van der Waals surface area (Å²) in [5.74, 6) is -0.246. The largest absolute Gasteiger partial charge is 0.462 e. The van der Waals surface area contributed by atoms with E-state index in [-0.39, 0.29) is 5.97 Å². The Morgan fingerprint density at radius 3 is 2.46 bits per heavy atom. The van der Waals surface area contributed by atoms with Crippen molar-refractivity contribution in [1.82, 2.24) is 0 Å². The fourth-order valence-corrected chi connectivity index (χ4v) is 0.896. The lowest BCUT2D eigenvalue weighted by Gasteiger charge is -2.23. The van der Waals surface area contributed by atoms with E-state index in [0.717, 1.165) is 17.4 Å². The van der Waals surface area contributed by atoms with Crippen LogP contribution in [-0.4, -0.2) is 44.7 Å². The summed E-state index contributed by atoms with van der Waals surface area (Å²) >= 11 is 0. The van der Waals surface area contributed by atoms with Crippen LogP contribution in [-0.2, 0) is 9.53 Å². The van der Waals surface area contributed by atoms with Gasteiger partial charge in [0.1, 0.15) is 0 Å². The lowest BCUT2D eigenvalue weighted by molar-refractivity contribution is -0.870. The molecule has 0 spiro atoms. The summed E-state index contributed by atoms with van der Waals surface area (Å²) in [5, 5.41) is 0. The van der Waals surface area contributed by atoms with Gasteiger partial charge in [0.2, 0.25) is 0 Å². The van der Waals surface area contributed by atoms with Gasteiger partial charge in [-0.25, -0.2) is 4.79 Å². The molecule has 0 aromatic rings. The van der Waals surface area contributed by atoms with Crippen molar-refractivity contribution in [1.29, 1.82) is 0 Å². The topological polar surface area (TPSA) is 26.3 Å². The Morgan fingerprint density at radius 2 is 2.00 bits per heavy atom. The number of carbonyl (C=O) groups excluding carboxylic acids is 1. The van der Waals surface area contributed by atoms with E-state index < -0.39 is 0 Å². The van der Waals surface area contributed by atoms with E-state index in [2.05, 4.69) is 21.1 Å². The Morgan fingerprint density at radius 1 is 1.38 bits per heavy atom. The number of esters is 1. The summed E-state index contributed by atoms with van der Waals surface area (Å²) in [7, 11) is 6.36. The van der Waals surface area contributed by atoms with Gasteiger partial charge in [0, 0.05) is 12.5 Å². The number of carbonyl (C=O) groups is 1. The lowest BCUT2D eigenvalue weighted by atomic mass is 10.4. The summed E-state index contributed by atoms with van der Waals surface area (Å²) in [6.45, 7) is 3.33. The van der Waals surface area contributed by atoms with Crippen LogP contribution in [0.2, 0.25) is 0 Å². The number of hydrogen-bond acceptors (Lipinski definition) is 2. The summed E-state index contributed by atoms with van der Waals surface area (Å²) < 4.78 is 5.85. The Bertz CT molecular complexity index is 180. The van der Waals surface area contributed by atoms with Gasteiger partial charge in [-0.2, -0.15) is 0 Å². The molecule has 3 nitrogen and oxygen atoms in total. The van der Waals surface area contributed by atoms with E-state index in [1.54, 1.807) is 13.0 Å². The molecular formula is C10H20NO2+. The van der Waals surface area contributed by atoms with Gasteiger partial charge in [-0.05, 0) is 6.92 Å². The summed E-state index contributed by atoms with van der Waals surface area (Å²) in [6.07, 6.45) is 4.03. The highest BCUT2D eigenvalue weighted by Gasteiger charge is 2.06. The van der Waals surface area contributed by atoms with Gasteiger partial charge in [-0.15, -0.1) is 0 Å². The molecule has 0 rings (SSSR count). The molecule has 13 heavy (non-hydrogen) atoms. The second-order valence-corrected chi connectivity index (χ2v) is 4.03. The van der Waals surface area contributed by atoms with Crippen molar-refractivity contribution in [2.24, 2.45) is 0 Å². The normalized spacial score (nSPS) is 12.0. The van der Waals surface area contributed by atoms with Gasteiger partial charge in [-0.3, -0.25) is 0 Å². The molecule has 0 aromatic heterocycles. The molecule has 0 bridgehead atoms. The maximum absolute atomic E-state index is 10.9. The van der Waals surface area contributed by atoms with E-state index in [0.29, 0.717) is 6.61 Å². The minimum absolute atomic E-state index is 0.246. The van der Waals surface area contributed by atoms with E-state index in [4.69, 9.17) is 4.74 Å².